The Morgan fingerprint density at radius 2 is 2.33 bits per heavy atom. The maximum absolute atomic E-state index is 12.1. The van der Waals surface area contributed by atoms with Crippen LogP contribution in [0.5, 0.6) is 0 Å². The fraction of sp³-hybridized carbons (Fsp3) is 0.800. The minimum atomic E-state index is -3.60. The molecule has 1 amide bonds. The van der Waals surface area contributed by atoms with Gasteiger partial charge in [-0.3, -0.25) is 0 Å². The van der Waals surface area contributed by atoms with Crippen LogP contribution in [-0.2, 0) is 14.8 Å². The van der Waals surface area contributed by atoms with E-state index in [2.05, 4.69) is 10.1 Å². The van der Waals surface area contributed by atoms with Gasteiger partial charge in [0.15, 0.2) is 5.25 Å². The van der Waals surface area contributed by atoms with E-state index in [1.54, 1.807) is 13.0 Å². The maximum atomic E-state index is 12.1. The maximum Gasteiger partial charge on any atom is 0.407 e. The average molecular weight is 275 g/mol. The fourth-order valence-electron chi connectivity index (χ4n) is 1.85. The summed E-state index contributed by atoms with van der Waals surface area (Å²) in [6.07, 6.45) is 0.201. The number of carbonyl (C=O) groups is 1. The minimum absolute atomic E-state index is 0.190. The summed E-state index contributed by atoms with van der Waals surface area (Å²) in [6.45, 7) is 2.16. The predicted molar refractivity (Wildman–Crippen MR) is 64.1 cm³/mol. The number of carbonyl (C=O) groups excluding carboxylic acids is 1. The Morgan fingerprint density at radius 1 is 1.67 bits per heavy atom. The molecule has 0 bridgehead atoms. The van der Waals surface area contributed by atoms with E-state index in [4.69, 9.17) is 5.26 Å². The highest BCUT2D eigenvalue weighted by Gasteiger charge is 2.36. The number of rotatable bonds is 4. The summed E-state index contributed by atoms with van der Waals surface area (Å²) in [4.78, 5) is 11.0. The first-order valence-electron chi connectivity index (χ1n) is 5.68. The lowest BCUT2D eigenvalue weighted by molar-refractivity contribution is 0.167. The molecule has 1 aliphatic heterocycles. The number of amides is 1. The first kappa shape index (κ1) is 14.7. The Balaban J connectivity index is 2.67. The van der Waals surface area contributed by atoms with Crippen LogP contribution in [0.2, 0.25) is 0 Å². The highest BCUT2D eigenvalue weighted by atomic mass is 32.2. The molecule has 0 aromatic heterocycles. The number of ether oxygens (including phenoxy) is 1. The monoisotopic (exact) mass is 275 g/mol. The minimum Gasteiger partial charge on any atom is -0.453 e. The zero-order valence-electron chi connectivity index (χ0n) is 10.4. The van der Waals surface area contributed by atoms with E-state index < -0.39 is 21.4 Å². The molecular weight excluding hydrogens is 258 g/mol. The second-order valence-electron chi connectivity index (χ2n) is 4.05. The van der Waals surface area contributed by atoms with Crippen molar-refractivity contribution < 1.29 is 17.9 Å². The van der Waals surface area contributed by atoms with Crippen molar-refractivity contribution in [3.05, 3.63) is 0 Å². The van der Waals surface area contributed by atoms with Gasteiger partial charge in [0.2, 0.25) is 10.0 Å². The molecular formula is C10H17N3O4S. The van der Waals surface area contributed by atoms with Crippen LogP contribution in [0.25, 0.3) is 0 Å². The van der Waals surface area contributed by atoms with Gasteiger partial charge in [0, 0.05) is 19.1 Å². The van der Waals surface area contributed by atoms with Crippen LogP contribution in [-0.4, -0.2) is 50.3 Å². The van der Waals surface area contributed by atoms with Gasteiger partial charge in [0.05, 0.1) is 13.2 Å². The van der Waals surface area contributed by atoms with Crippen molar-refractivity contribution in [2.75, 3.05) is 20.2 Å². The van der Waals surface area contributed by atoms with Crippen molar-refractivity contribution in [1.29, 1.82) is 5.26 Å². The van der Waals surface area contributed by atoms with Gasteiger partial charge in [-0.05, 0) is 12.8 Å². The van der Waals surface area contributed by atoms with E-state index in [0.29, 0.717) is 13.0 Å². The molecule has 1 aliphatic rings. The number of sulfonamides is 1. The van der Waals surface area contributed by atoms with Crippen molar-refractivity contribution in [3.8, 4) is 6.07 Å². The summed E-state index contributed by atoms with van der Waals surface area (Å²) in [6, 6.07) is 1.53. The average Bonchev–Trinajstić information content (AvgIpc) is 2.79. The molecule has 0 aliphatic carbocycles. The number of nitrogens with one attached hydrogen (secondary N) is 1. The molecule has 0 saturated carbocycles. The zero-order chi connectivity index (χ0) is 13.8. The molecule has 0 aromatic rings. The largest absolute Gasteiger partial charge is 0.453 e. The summed E-state index contributed by atoms with van der Waals surface area (Å²) in [7, 11) is -2.34. The number of alkyl carbamates (subject to hydrolysis) is 1. The molecule has 0 aromatic carbocycles. The van der Waals surface area contributed by atoms with Crippen molar-refractivity contribution in [3.63, 3.8) is 0 Å². The van der Waals surface area contributed by atoms with Crippen LogP contribution in [0.1, 0.15) is 19.8 Å². The summed E-state index contributed by atoms with van der Waals surface area (Å²) in [5, 5.41) is 10.4. The highest BCUT2D eigenvalue weighted by molar-refractivity contribution is 7.90. The summed E-state index contributed by atoms with van der Waals surface area (Å²) in [5.74, 6) is 0. The number of hydrogen-bond acceptors (Lipinski definition) is 5. The lowest BCUT2D eigenvalue weighted by atomic mass is 10.3. The van der Waals surface area contributed by atoms with Crippen molar-refractivity contribution in [2.24, 2.45) is 0 Å². The molecule has 7 nitrogen and oxygen atoms in total. The Labute approximate surface area is 107 Å². The van der Waals surface area contributed by atoms with Gasteiger partial charge in [0.25, 0.3) is 0 Å². The van der Waals surface area contributed by atoms with E-state index >= 15 is 0 Å². The Kier molecular flexibility index (Phi) is 4.93. The van der Waals surface area contributed by atoms with Crippen LogP contribution in [0.4, 0.5) is 4.79 Å². The van der Waals surface area contributed by atoms with Crippen LogP contribution >= 0.6 is 0 Å². The Bertz CT molecular complexity index is 443. The van der Waals surface area contributed by atoms with Crippen LogP contribution in [0, 0.1) is 11.3 Å². The zero-order valence-corrected chi connectivity index (χ0v) is 11.2. The quantitative estimate of drug-likeness (QED) is 0.781. The molecule has 18 heavy (non-hydrogen) atoms. The Hall–Kier alpha value is -1.33. The van der Waals surface area contributed by atoms with Crippen LogP contribution < -0.4 is 5.32 Å². The molecule has 0 spiro atoms. The summed E-state index contributed by atoms with van der Waals surface area (Å²) >= 11 is 0. The van der Waals surface area contributed by atoms with Gasteiger partial charge < -0.3 is 10.1 Å². The number of hydrogen-bond donors (Lipinski definition) is 1. The molecule has 0 radical (unpaired) electrons. The van der Waals surface area contributed by atoms with E-state index in [1.165, 1.54) is 11.4 Å². The smallest absolute Gasteiger partial charge is 0.407 e. The molecule has 1 N–H and O–H groups in total. The molecule has 8 heteroatoms. The van der Waals surface area contributed by atoms with Gasteiger partial charge >= 0.3 is 6.09 Å². The topological polar surface area (TPSA) is 99.5 Å². The second kappa shape index (κ2) is 6.02. The molecule has 1 rings (SSSR count). The third-order valence-electron chi connectivity index (χ3n) is 2.89. The summed E-state index contributed by atoms with van der Waals surface area (Å²) in [5.41, 5.74) is 0. The fourth-order valence-corrected chi connectivity index (χ4v) is 3.51. The van der Waals surface area contributed by atoms with Crippen LogP contribution in [0.15, 0.2) is 0 Å². The highest BCUT2D eigenvalue weighted by Crippen LogP contribution is 2.19. The van der Waals surface area contributed by atoms with E-state index in [0.717, 1.165) is 0 Å². The van der Waals surface area contributed by atoms with Crippen molar-refractivity contribution >= 4 is 16.1 Å². The first-order chi connectivity index (χ1) is 8.45. The summed E-state index contributed by atoms with van der Waals surface area (Å²) < 4.78 is 29.8. The normalized spacial score (nSPS) is 22.2. The van der Waals surface area contributed by atoms with E-state index in [-0.39, 0.29) is 19.0 Å². The molecule has 102 valence electrons. The predicted octanol–water partition coefficient (Wildman–Crippen LogP) is 0.0487. The molecule has 1 heterocycles. The van der Waals surface area contributed by atoms with E-state index in [9.17, 15) is 13.2 Å². The second-order valence-corrected chi connectivity index (χ2v) is 6.17. The lowest BCUT2D eigenvalue weighted by Gasteiger charge is -2.19. The van der Waals surface area contributed by atoms with Gasteiger partial charge in [0.1, 0.15) is 0 Å². The van der Waals surface area contributed by atoms with Gasteiger partial charge in [-0.25, -0.2) is 13.2 Å². The van der Waals surface area contributed by atoms with Gasteiger partial charge in [-0.2, -0.15) is 9.57 Å². The van der Waals surface area contributed by atoms with Crippen LogP contribution in [0.3, 0.4) is 0 Å². The SMILES string of the molecule is CCC(C#N)S(=O)(=O)N1CCC(NC(=O)OC)C1. The molecule has 2 atom stereocenters. The molecule has 1 saturated heterocycles. The lowest BCUT2D eigenvalue weighted by Crippen LogP contribution is -2.41. The third-order valence-corrected chi connectivity index (χ3v) is 5.10. The van der Waals surface area contributed by atoms with Crippen molar-refractivity contribution in [2.45, 2.75) is 31.1 Å². The van der Waals surface area contributed by atoms with E-state index in [1.807, 2.05) is 0 Å². The molecule has 2 unspecified atom stereocenters. The number of nitriles is 1. The van der Waals surface area contributed by atoms with Gasteiger partial charge in [-0.15, -0.1) is 0 Å². The Morgan fingerprint density at radius 3 is 2.83 bits per heavy atom. The number of methoxy groups -OCH3 is 1. The van der Waals surface area contributed by atoms with Crippen molar-refractivity contribution in [1.82, 2.24) is 9.62 Å². The number of nitrogens with zero attached hydrogens (tertiary/aromatic N) is 2. The van der Waals surface area contributed by atoms with Gasteiger partial charge in [-0.1, -0.05) is 6.92 Å². The molecule has 1 fully saturated rings. The first-order valence-corrected chi connectivity index (χ1v) is 7.19. The third kappa shape index (κ3) is 3.11. The standard InChI is InChI=1S/C10H17N3O4S/c1-3-9(6-11)18(15,16)13-5-4-8(7-13)12-10(14)17-2/h8-9H,3-5,7H2,1-2H3,(H,12,14).